The second-order valence-electron chi connectivity index (χ2n) is 8.16. The van der Waals surface area contributed by atoms with Gasteiger partial charge >= 0.3 is 0 Å². The zero-order valence-electron chi connectivity index (χ0n) is 18.4. The van der Waals surface area contributed by atoms with E-state index in [0.29, 0.717) is 24.4 Å². The topological polar surface area (TPSA) is 69.6 Å². The van der Waals surface area contributed by atoms with Gasteiger partial charge in [-0.15, -0.1) is 35.3 Å². The molecule has 9 heteroatoms. The fraction of sp³-hybridized carbons (Fsp3) is 0.762. The van der Waals surface area contributed by atoms with Crippen LogP contribution in [0.3, 0.4) is 0 Å². The zero-order chi connectivity index (χ0) is 20.6. The number of carbonyl (C=O) groups excluding carboxylic acids is 1. The monoisotopic (exact) mass is 565 g/mol. The van der Waals surface area contributed by atoms with E-state index in [4.69, 9.17) is 4.99 Å². The van der Waals surface area contributed by atoms with Crippen LogP contribution in [0, 0.1) is 5.92 Å². The standard InChI is InChI=1S/C21H35N5OS2.HI/c1-4-22-21(23-13-18-14-29-19(24-18)15(2)3)25-17-7-5-16(6-8-17)20(27)26-9-11-28-12-10-26;/h14-17H,4-13H2,1-3H3,(H2,22,23,25);1H. The second kappa shape index (κ2) is 13.1. The maximum absolute atomic E-state index is 12.7. The molecule has 1 saturated carbocycles. The number of hydrogen-bond acceptors (Lipinski definition) is 5. The lowest BCUT2D eigenvalue weighted by atomic mass is 9.85. The SMILES string of the molecule is CCNC(=NCc1csc(C(C)C)n1)NC1CCC(C(=O)N2CCSCC2)CC1.I. The number of aliphatic imine (C=N–C) groups is 1. The number of amides is 1. The van der Waals surface area contributed by atoms with Gasteiger partial charge in [0.25, 0.3) is 0 Å². The lowest BCUT2D eigenvalue weighted by Gasteiger charge is -2.34. The summed E-state index contributed by atoms with van der Waals surface area (Å²) in [6, 6.07) is 0.385. The Labute approximate surface area is 206 Å². The van der Waals surface area contributed by atoms with Gasteiger partial charge in [-0.3, -0.25) is 4.79 Å². The molecule has 1 aliphatic carbocycles. The van der Waals surface area contributed by atoms with E-state index in [1.807, 2.05) is 11.8 Å². The lowest BCUT2D eigenvalue weighted by molar-refractivity contribution is -0.136. The van der Waals surface area contributed by atoms with Gasteiger partial charge in [-0.1, -0.05) is 13.8 Å². The number of thiazole rings is 1. The van der Waals surface area contributed by atoms with E-state index in [9.17, 15) is 4.79 Å². The molecule has 0 atom stereocenters. The molecule has 1 saturated heterocycles. The van der Waals surface area contributed by atoms with Crippen molar-refractivity contribution in [1.29, 1.82) is 0 Å². The Morgan fingerprint density at radius 2 is 1.97 bits per heavy atom. The number of thioether (sulfide) groups is 1. The van der Waals surface area contributed by atoms with Crippen LogP contribution in [-0.4, -0.2) is 58.9 Å². The summed E-state index contributed by atoms with van der Waals surface area (Å²) in [4.78, 5) is 24.2. The van der Waals surface area contributed by atoms with Crippen LogP contribution in [0.4, 0.5) is 0 Å². The molecule has 30 heavy (non-hydrogen) atoms. The number of guanidine groups is 1. The van der Waals surface area contributed by atoms with Gasteiger partial charge in [0.05, 0.1) is 17.2 Å². The van der Waals surface area contributed by atoms with Crippen molar-refractivity contribution in [2.75, 3.05) is 31.1 Å². The number of halogens is 1. The minimum absolute atomic E-state index is 0. The lowest BCUT2D eigenvalue weighted by Crippen LogP contribution is -2.47. The Morgan fingerprint density at radius 1 is 1.27 bits per heavy atom. The number of rotatable bonds is 6. The van der Waals surface area contributed by atoms with Gasteiger partial charge in [-0.05, 0) is 32.6 Å². The first kappa shape index (κ1) is 25.7. The zero-order valence-corrected chi connectivity index (χ0v) is 22.3. The first-order valence-corrected chi connectivity index (χ1v) is 13.0. The van der Waals surface area contributed by atoms with E-state index in [1.54, 1.807) is 11.3 Å². The van der Waals surface area contributed by atoms with Crippen molar-refractivity contribution >= 4 is 58.9 Å². The molecule has 0 radical (unpaired) electrons. The second-order valence-corrected chi connectivity index (χ2v) is 10.3. The van der Waals surface area contributed by atoms with Gasteiger partial charge in [0.2, 0.25) is 5.91 Å². The van der Waals surface area contributed by atoms with Gasteiger partial charge in [0.15, 0.2) is 5.96 Å². The van der Waals surface area contributed by atoms with Crippen LogP contribution in [0.15, 0.2) is 10.4 Å². The number of nitrogens with one attached hydrogen (secondary N) is 2. The summed E-state index contributed by atoms with van der Waals surface area (Å²) in [6.45, 7) is 9.71. The normalized spacial score (nSPS) is 22.5. The van der Waals surface area contributed by atoms with Crippen molar-refractivity contribution in [3.63, 3.8) is 0 Å². The van der Waals surface area contributed by atoms with E-state index in [1.165, 1.54) is 5.01 Å². The summed E-state index contributed by atoms with van der Waals surface area (Å²) in [7, 11) is 0. The third kappa shape index (κ3) is 7.55. The van der Waals surface area contributed by atoms with E-state index in [-0.39, 0.29) is 29.9 Å². The summed E-state index contributed by atoms with van der Waals surface area (Å²) in [5.41, 5.74) is 1.03. The highest BCUT2D eigenvalue weighted by molar-refractivity contribution is 14.0. The molecule has 170 valence electrons. The van der Waals surface area contributed by atoms with E-state index in [2.05, 4.69) is 46.7 Å². The number of nitrogens with zero attached hydrogens (tertiary/aromatic N) is 3. The summed E-state index contributed by atoms with van der Waals surface area (Å²) >= 11 is 3.67. The summed E-state index contributed by atoms with van der Waals surface area (Å²) < 4.78 is 0. The quantitative estimate of drug-likeness (QED) is 0.309. The van der Waals surface area contributed by atoms with Crippen molar-refractivity contribution in [1.82, 2.24) is 20.5 Å². The predicted molar refractivity (Wildman–Crippen MR) is 139 cm³/mol. The molecular weight excluding hydrogens is 529 g/mol. The molecule has 2 fully saturated rings. The average Bonchev–Trinajstić information content (AvgIpc) is 3.22. The van der Waals surface area contributed by atoms with Crippen molar-refractivity contribution in [3.8, 4) is 0 Å². The predicted octanol–water partition coefficient (Wildman–Crippen LogP) is 4.07. The highest BCUT2D eigenvalue weighted by Gasteiger charge is 2.30. The largest absolute Gasteiger partial charge is 0.357 e. The molecule has 0 aromatic carbocycles. The maximum atomic E-state index is 12.7. The third-order valence-electron chi connectivity index (χ3n) is 5.55. The first-order valence-electron chi connectivity index (χ1n) is 10.9. The first-order chi connectivity index (χ1) is 14.1. The molecule has 0 spiro atoms. The summed E-state index contributed by atoms with van der Waals surface area (Å²) in [5, 5.41) is 10.2. The Hall–Kier alpha value is -0.550. The van der Waals surface area contributed by atoms with Crippen LogP contribution < -0.4 is 10.6 Å². The maximum Gasteiger partial charge on any atom is 0.225 e. The Morgan fingerprint density at radius 3 is 2.57 bits per heavy atom. The van der Waals surface area contributed by atoms with Crippen molar-refractivity contribution in [2.45, 2.75) is 65.0 Å². The molecule has 1 aliphatic heterocycles. The molecule has 6 nitrogen and oxygen atoms in total. The minimum Gasteiger partial charge on any atom is -0.357 e. The third-order valence-corrected chi connectivity index (χ3v) is 7.68. The molecule has 3 rings (SSSR count). The average molecular weight is 566 g/mol. The van der Waals surface area contributed by atoms with Crippen molar-refractivity contribution < 1.29 is 4.79 Å². The van der Waals surface area contributed by atoms with E-state index in [0.717, 1.165) is 68.5 Å². The van der Waals surface area contributed by atoms with E-state index < -0.39 is 0 Å². The molecule has 2 N–H and O–H groups in total. The van der Waals surface area contributed by atoms with Gasteiger partial charge in [0, 0.05) is 54.4 Å². The molecule has 1 amide bonds. The van der Waals surface area contributed by atoms with Gasteiger partial charge in [0.1, 0.15) is 0 Å². The van der Waals surface area contributed by atoms with Gasteiger partial charge < -0.3 is 15.5 Å². The van der Waals surface area contributed by atoms with Crippen LogP contribution >= 0.6 is 47.1 Å². The smallest absolute Gasteiger partial charge is 0.225 e. The van der Waals surface area contributed by atoms with Crippen molar-refractivity contribution in [2.24, 2.45) is 10.9 Å². The number of hydrogen-bond donors (Lipinski definition) is 2. The van der Waals surface area contributed by atoms with Gasteiger partial charge in [-0.25, -0.2) is 9.98 Å². The van der Waals surface area contributed by atoms with Crippen LogP contribution in [0.5, 0.6) is 0 Å². The fourth-order valence-corrected chi connectivity index (χ4v) is 5.59. The molecule has 2 aliphatic rings. The fourth-order valence-electron chi connectivity index (χ4n) is 3.86. The number of aromatic nitrogens is 1. The molecule has 2 heterocycles. The highest BCUT2D eigenvalue weighted by Crippen LogP contribution is 2.27. The highest BCUT2D eigenvalue weighted by atomic mass is 127. The molecule has 0 bridgehead atoms. The van der Waals surface area contributed by atoms with Gasteiger partial charge in [-0.2, -0.15) is 11.8 Å². The molecule has 1 aromatic heterocycles. The molecule has 0 unspecified atom stereocenters. The molecular formula is C21H36IN5OS2. The minimum atomic E-state index is 0. The van der Waals surface area contributed by atoms with Crippen molar-refractivity contribution in [3.05, 3.63) is 16.1 Å². The Bertz CT molecular complexity index is 683. The van der Waals surface area contributed by atoms with Crippen LogP contribution in [-0.2, 0) is 11.3 Å². The summed E-state index contributed by atoms with van der Waals surface area (Å²) in [5.74, 6) is 4.08. The van der Waals surface area contributed by atoms with Crippen LogP contribution in [0.25, 0.3) is 0 Å². The number of carbonyl (C=O) groups is 1. The Kier molecular flexibility index (Phi) is 11.2. The van der Waals surface area contributed by atoms with Crippen LogP contribution in [0.2, 0.25) is 0 Å². The van der Waals surface area contributed by atoms with E-state index >= 15 is 0 Å². The molecule has 1 aromatic rings. The summed E-state index contributed by atoms with van der Waals surface area (Å²) in [6.07, 6.45) is 4.00. The van der Waals surface area contributed by atoms with Crippen LogP contribution in [0.1, 0.15) is 63.1 Å². The Balaban J connectivity index is 0.00000320.